The van der Waals surface area contributed by atoms with Crippen molar-refractivity contribution in [3.8, 4) is 0 Å². The van der Waals surface area contributed by atoms with E-state index in [9.17, 15) is 4.79 Å². The summed E-state index contributed by atoms with van der Waals surface area (Å²) in [5, 5.41) is 0. The number of aromatic nitrogens is 2. The Morgan fingerprint density at radius 3 is 3.10 bits per heavy atom. The van der Waals surface area contributed by atoms with Crippen LogP contribution in [0.4, 0.5) is 0 Å². The summed E-state index contributed by atoms with van der Waals surface area (Å²) >= 11 is 0. The van der Waals surface area contributed by atoms with Gasteiger partial charge in [0.1, 0.15) is 5.69 Å². The Morgan fingerprint density at radius 2 is 2.29 bits per heavy atom. The van der Waals surface area contributed by atoms with E-state index in [1.165, 1.54) is 19.4 Å². The Hall–Kier alpha value is -1.40. The van der Waals surface area contributed by atoms with Gasteiger partial charge in [-0.1, -0.05) is 0 Å². The number of imidazole rings is 1. The Labute approximate surface area is 125 Å². The number of likely N-dealkylation sites (tertiary alicyclic amines) is 2. The van der Waals surface area contributed by atoms with Crippen molar-refractivity contribution in [2.24, 2.45) is 11.7 Å². The Kier molecular flexibility index (Phi) is 4.26. The van der Waals surface area contributed by atoms with Gasteiger partial charge in [-0.15, -0.1) is 0 Å². The third kappa shape index (κ3) is 2.96. The smallest absolute Gasteiger partial charge is 0.274 e. The maximum atomic E-state index is 12.6. The summed E-state index contributed by atoms with van der Waals surface area (Å²) in [4.78, 5) is 21.3. The van der Waals surface area contributed by atoms with Crippen LogP contribution in [-0.2, 0) is 6.54 Å². The van der Waals surface area contributed by atoms with Crippen molar-refractivity contribution in [2.75, 3.05) is 33.2 Å². The molecule has 0 saturated carbocycles. The van der Waals surface area contributed by atoms with Gasteiger partial charge in [-0.2, -0.15) is 0 Å². The third-order valence-electron chi connectivity index (χ3n) is 4.87. The van der Waals surface area contributed by atoms with Crippen molar-refractivity contribution in [3.05, 3.63) is 18.2 Å². The van der Waals surface area contributed by atoms with Crippen molar-refractivity contribution >= 4 is 5.91 Å². The Bertz CT molecular complexity index is 500. The van der Waals surface area contributed by atoms with Crippen molar-refractivity contribution in [1.82, 2.24) is 19.4 Å². The van der Waals surface area contributed by atoms with Crippen molar-refractivity contribution in [2.45, 2.75) is 31.8 Å². The fraction of sp³-hybridized carbons (Fsp3) is 0.733. The van der Waals surface area contributed by atoms with E-state index in [2.05, 4.69) is 16.9 Å². The molecule has 2 saturated heterocycles. The highest BCUT2D eigenvalue weighted by Gasteiger charge is 2.36. The van der Waals surface area contributed by atoms with Crippen molar-refractivity contribution in [1.29, 1.82) is 0 Å². The first-order valence-electron chi connectivity index (χ1n) is 7.90. The average Bonchev–Trinajstić information content (AvgIpc) is 2.95. The molecule has 3 heterocycles. The van der Waals surface area contributed by atoms with Crippen LogP contribution in [0, 0.1) is 5.92 Å². The zero-order valence-corrected chi connectivity index (χ0v) is 12.7. The topological polar surface area (TPSA) is 67.4 Å². The number of hydrogen-bond acceptors (Lipinski definition) is 4. The normalized spacial score (nSPS) is 26.7. The molecule has 1 aromatic rings. The van der Waals surface area contributed by atoms with Gasteiger partial charge in [0.2, 0.25) is 0 Å². The van der Waals surface area contributed by atoms with Crippen molar-refractivity contribution < 1.29 is 4.79 Å². The van der Waals surface area contributed by atoms with Gasteiger partial charge in [-0.05, 0) is 38.8 Å². The predicted octanol–water partition coefficient (Wildman–Crippen LogP) is 0.398. The molecule has 0 radical (unpaired) electrons. The van der Waals surface area contributed by atoms with Gasteiger partial charge in [0.05, 0.1) is 6.33 Å². The molecule has 2 aliphatic rings. The fourth-order valence-electron chi connectivity index (χ4n) is 3.74. The van der Waals surface area contributed by atoms with Crippen LogP contribution < -0.4 is 5.73 Å². The molecule has 2 unspecified atom stereocenters. The van der Waals surface area contributed by atoms with Gasteiger partial charge in [-0.25, -0.2) is 4.98 Å². The van der Waals surface area contributed by atoms with E-state index >= 15 is 0 Å². The van der Waals surface area contributed by atoms with Gasteiger partial charge in [0.25, 0.3) is 5.91 Å². The number of hydrogen-bond donors (Lipinski definition) is 1. The molecule has 0 aromatic carbocycles. The molecule has 0 aliphatic carbocycles. The van der Waals surface area contributed by atoms with Gasteiger partial charge in [-0.3, -0.25) is 4.79 Å². The number of rotatable bonds is 3. The van der Waals surface area contributed by atoms with E-state index in [0.29, 0.717) is 30.7 Å². The molecule has 1 aromatic heterocycles. The molecule has 3 rings (SSSR count). The number of nitrogens with zero attached hydrogens (tertiary/aromatic N) is 4. The summed E-state index contributed by atoms with van der Waals surface area (Å²) < 4.78 is 1.88. The zero-order chi connectivity index (χ0) is 14.8. The second-order valence-electron chi connectivity index (χ2n) is 6.28. The first-order valence-corrected chi connectivity index (χ1v) is 7.90. The molecule has 1 amide bonds. The predicted molar refractivity (Wildman–Crippen MR) is 80.9 cm³/mol. The number of piperidine rings is 2. The molecule has 6 heteroatoms. The standard InChI is InChI=1S/C15H25N5O/c1-18-6-2-3-12-9-20(7-4-14(12)18)15(21)13-10-19(8-5-16)11-17-13/h10-12,14H,2-9,16H2,1H3. The summed E-state index contributed by atoms with van der Waals surface area (Å²) in [6.45, 7) is 4.17. The fourth-order valence-corrected chi connectivity index (χ4v) is 3.74. The van der Waals surface area contributed by atoms with E-state index in [1.54, 1.807) is 6.33 Å². The lowest BCUT2D eigenvalue weighted by molar-refractivity contribution is 0.0313. The minimum Gasteiger partial charge on any atom is -0.337 e. The minimum atomic E-state index is 0.0671. The first-order chi connectivity index (χ1) is 10.2. The Balaban J connectivity index is 1.65. The van der Waals surface area contributed by atoms with Crippen LogP contribution in [0.2, 0.25) is 0 Å². The first kappa shape index (κ1) is 14.5. The molecule has 2 aliphatic heterocycles. The monoisotopic (exact) mass is 291 g/mol. The van der Waals surface area contributed by atoms with Crippen molar-refractivity contribution in [3.63, 3.8) is 0 Å². The molecule has 0 spiro atoms. The number of carbonyl (C=O) groups is 1. The van der Waals surface area contributed by atoms with E-state index in [1.807, 2.05) is 15.7 Å². The van der Waals surface area contributed by atoms with E-state index < -0.39 is 0 Å². The highest BCUT2D eigenvalue weighted by molar-refractivity contribution is 5.92. The molecule has 2 fully saturated rings. The molecule has 2 atom stereocenters. The zero-order valence-electron chi connectivity index (χ0n) is 12.7. The lowest BCUT2D eigenvalue weighted by Gasteiger charge is -2.45. The van der Waals surface area contributed by atoms with Gasteiger partial charge < -0.3 is 20.1 Å². The van der Waals surface area contributed by atoms with Crippen LogP contribution in [0.3, 0.4) is 0 Å². The number of fused-ring (bicyclic) bond motifs is 1. The van der Waals surface area contributed by atoms with Crippen LogP contribution in [0.25, 0.3) is 0 Å². The lowest BCUT2D eigenvalue weighted by Crippen LogP contribution is -2.53. The Morgan fingerprint density at radius 1 is 1.43 bits per heavy atom. The van der Waals surface area contributed by atoms with E-state index in [0.717, 1.165) is 19.5 Å². The molecule has 6 nitrogen and oxygen atoms in total. The highest BCUT2D eigenvalue weighted by atomic mass is 16.2. The summed E-state index contributed by atoms with van der Waals surface area (Å²) in [6.07, 6.45) is 7.07. The minimum absolute atomic E-state index is 0.0671. The maximum Gasteiger partial charge on any atom is 0.274 e. The largest absolute Gasteiger partial charge is 0.337 e. The molecular weight excluding hydrogens is 266 g/mol. The summed E-state index contributed by atoms with van der Waals surface area (Å²) in [7, 11) is 2.21. The second-order valence-corrected chi connectivity index (χ2v) is 6.28. The van der Waals surface area contributed by atoms with Gasteiger partial charge in [0.15, 0.2) is 0 Å². The van der Waals surface area contributed by atoms with Crippen LogP contribution >= 0.6 is 0 Å². The number of nitrogens with two attached hydrogens (primary N) is 1. The summed E-state index contributed by atoms with van der Waals surface area (Å²) in [5.41, 5.74) is 6.07. The molecule has 21 heavy (non-hydrogen) atoms. The van der Waals surface area contributed by atoms with Crippen LogP contribution in [-0.4, -0.2) is 64.5 Å². The second kappa shape index (κ2) is 6.15. The third-order valence-corrected chi connectivity index (χ3v) is 4.87. The lowest BCUT2D eigenvalue weighted by atomic mass is 9.84. The van der Waals surface area contributed by atoms with E-state index in [-0.39, 0.29) is 5.91 Å². The van der Waals surface area contributed by atoms with Crippen LogP contribution in [0.1, 0.15) is 29.8 Å². The SMILES string of the molecule is CN1CCCC2CN(C(=O)c3cn(CCN)cn3)CCC21. The van der Waals surface area contributed by atoms with Gasteiger partial charge >= 0.3 is 0 Å². The number of amides is 1. The van der Waals surface area contributed by atoms with Crippen LogP contribution in [0.15, 0.2) is 12.5 Å². The number of carbonyl (C=O) groups excluding carboxylic acids is 1. The average molecular weight is 291 g/mol. The van der Waals surface area contributed by atoms with E-state index in [4.69, 9.17) is 5.73 Å². The molecule has 2 N–H and O–H groups in total. The molecular formula is C15H25N5O. The van der Waals surface area contributed by atoms with Crippen LogP contribution in [0.5, 0.6) is 0 Å². The summed E-state index contributed by atoms with van der Waals surface area (Å²) in [6, 6.07) is 0.651. The summed E-state index contributed by atoms with van der Waals surface area (Å²) in [5.74, 6) is 0.685. The molecule has 116 valence electrons. The van der Waals surface area contributed by atoms with Gasteiger partial charge in [0, 0.05) is 38.4 Å². The highest BCUT2D eigenvalue weighted by Crippen LogP contribution is 2.30. The maximum absolute atomic E-state index is 12.6. The molecule has 0 bridgehead atoms. The quantitative estimate of drug-likeness (QED) is 0.875.